The van der Waals surface area contributed by atoms with E-state index in [4.69, 9.17) is 4.42 Å². The molecule has 0 spiro atoms. The van der Waals surface area contributed by atoms with Crippen LogP contribution in [0.25, 0.3) is 11.5 Å². The molecule has 0 saturated heterocycles. The van der Waals surface area contributed by atoms with Gasteiger partial charge in [0.15, 0.2) is 5.76 Å². The van der Waals surface area contributed by atoms with Crippen molar-refractivity contribution in [3.8, 4) is 11.5 Å². The number of anilines is 1. The number of nitrogens with zero attached hydrogens (tertiary/aromatic N) is 1. The lowest BCUT2D eigenvalue weighted by atomic mass is 10.2. The van der Waals surface area contributed by atoms with Gasteiger partial charge in [0.05, 0.1) is 6.26 Å². The number of amides is 1. The number of nitrogens with one attached hydrogen (secondary N) is 2. The van der Waals surface area contributed by atoms with Crippen LogP contribution < -0.4 is 10.9 Å². The molecular weight excluding hydrogens is 222 g/mol. The molecule has 88 valence electrons. The molecule has 0 aliphatic heterocycles. The van der Waals surface area contributed by atoms with Crippen LogP contribution in [0.2, 0.25) is 0 Å². The van der Waals surface area contributed by atoms with Crippen molar-refractivity contribution in [2.75, 3.05) is 5.32 Å². The maximum atomic E-state index is 11.6. The molecule has 0 bridgehead atoms. The van der Waals surface area contributed by atoms with Crippen LogP contribution >= 0.6 is 0 Å². The van der Waals surface area contributed by atoms with Gasteiger partial charge in [-0.3, -0.25) is 19.9 Å². The monoisotopic (exact) mass is 233 g/mol. The topological polar surface area (TPSA) is 88.0 Å². The Kier molecular flexibility index (Phi) is 2.78. The number of hydrogen-bond acceptors (Lipinski definition) is 4. The third kappa shape index (κ3) is 2.25. The van der Waals surface area contributed by atoms with Crippen molar-refractivity contribution in [2.45, 2.75) is 13.8 Å². The Morgan fingerprint density at radius 3 is 2.88 bits per heavy atom. The first kappa shape index (κ1) is 11.1. The van der Waals surface area contributed by atoms with E-state index in [-0.39, 0.29) is 17.4 Å². The zero-order valence-electron chi connectivity index (χ0n) is 9.40. The zero-order valence-corrected chi connectivity index (χ0v) is 9.40. The molecule has 2 aromatic heterocycles. The van der Waals surface area contributed by atoms with Gasteiger partial charge in [-0.2, -0.15) is 0 Å². The van der Waals surface area contributed by atoms with E-state index in [1.165, 1.54) is 13.2 Å². The summed E-state index contributed by atoms with van der Waals surface area (Å²) in [5.41, 5.74) is 0.548. The van der Waals surface area contributed by atoms with Crippen LogP contribution in [0, 0.1) is 6.92 Å². The number of aromatic amines is 1. The highest BCUT2D eigenvalue weighted by Crippen LogP contribution is 2.19. The first-order valence-electron chi connectivity index (χ1n) is 5.00. The summed E-state index contributed by atoms with van der Waals surface area (Å²) in [7, 11) is 0. The molecular formula is C11H11N3O3. The minimum Gasteiger partial charge on any atom is -0.463 e. The standard InChI is InChI=1S/C11H11N3O3/c1-6-9(8-4-3-5-17-8)13-11(12-7(2)15)14-10(6)16/h3-5H,1-2H3,(H2,12,13,14,15,16). The molecule has 17 heavy (non-hydrogen) atoms. The van der Waals surface area contributed by atoms with Gasteiger partial charge in [0.25, 0.3) is 5.56 Å². The van der Waals surface area contributed by atoms with E-state index in [1.807, 2.05) is 0 Å². The van der Waals surface area contributed by atoms with Gasteiger partial charge < -0.3 is 4.42 Å². The molecule has 2 heterocycles. The molecule has 0 aliphatic rings. The fraction of sp³-hybridized carbons (Fsp3) is 0.182. The predicted octanol–water partition coefficient (Wildman–Crippen LogP) is 1.30. The van der Waals surface area contributed by atoms with E-state index in [1.54, 1.807) is 19.1 Å². The normalized spacial score (nSPS) is 10.2. The minimum absolute atomic E-state index is 0.111. The summed E-state index contributed by atoms with van der Waals surface area (Å²) in [5.74, 6) is 0.294. The molecule has 2 N–H and O–H groups in total. The van der Waals surface area contributed by atoms with Gasteiger partial charge in [-0.25, -0.2) is 4.98 Å². The summed E-state index contributed by atoms with van der Waals surface area (Å²) in [6.07, 6.45) is 1.50. The average Bonchev–Trinajstić information content (AvgIpc) is 2.75. The quantitative estimate of drug-likeness (QED) is 0.818. The van der Waals surface area contributed by atoms with E-state index < -0.39 is 0 Å². The molecule has 2 rings (SSSR count). The molecule has 0 atom stereocenters. The summed E-state index contributed by atoms with van der Waals surface area (Å²) in [5, 5.41) is 2.43. The summed E-state index contributed by atoms with van der Waals surface area (Å²) in [4.78, 5) is 29.2. The van der Waals surface area contributed by atoms with Gasteiger partial charge in [0.1, 0.15) is 5.69 Å². The maximum Gasteiger partial charge on any atom is 0.255 e. The Hall–Kier alpha value is -2.37. The third-order valence-corrected chi connectivity index (χ3v) is 2.20. The predicted molar refractivity (Wildman–Crippen MR) is 61.6 cm³/mol. The number of H-pyrrole nitrogens is 1. The average molecular weight is 233 g/mol. The molecule has 1 amide bonds. The fourth-order valence-corrected chi connectivity index (χ4v) is 1.41. The van der Waals surface area contributed by atoms with Crippen molar-refractivity contribution < 1.29 is 9.21 Å². The number of hydrogen-bond donors (Lipinski definition) is 2. The molecule has 0 saturated carbocycles. The first-order valence-corrected chi connectivity index (χ1v) is 5.00. The van der Waals surface area contributed by atoms with E-state index in [0.29, 0.717) is 17.0 Å². The van der Waals surface area contributed by atoms with Crippen LogP contribution in [0.5, 0.6) is 0 Å². The molecule has 0 unspecified atom stereocenters. The minimum atomic E-state index is -0.310. The number of rotatable bonds is 2. The van der Waals surface area contributed by atoms with Gasteiger partial charge in [0, 0.05) is 12.5 Å². The highest BCUT2D eigenvalue weighted by Gasteiger charge is 2.12. The summed E-state index contributed by atoms with van der Waals surface area (Å²) in [6, 6.07) is 3.40. The van der Waals surface area contributed by atoms with E-state index >= 15 is 0 Å². The smallest absolute Gasteiger partial charge is 0.255 e. The van der Waals surface area contributed by atoms with Crippen LogP contribution in [0.15, 0.2) is 27.6 Å². The Balaban J connectivity index is 2.55. The second-order valence-corrected chi connectivity index (χ2v) is 3.55. The molecule has 0 fully saturated rings. The summed E-state index contributed by atoms with van der Waals surface area (Å²) >= 11 is 0. The van der Waals surface area contributed by atoms with Crippen molar-refractivity contribution in [1.29, 1.82) is 0 Å². The Bertz CT molecular complexity index is 599. The Labute approximate surface area is 96.7 Å². The summed E-state index contributed by atoms with van der Waals surface area (Å²) < 4.78 is 5.19. The van der Waals surface area contributed by atoms with Crippen LogP contribution in [0.3, 0.4) is 0 Å². The van der Waals surface area contributed by atoms with Gasteiger partial charge in [0.2, 0.25) is 11.9 Å². The SMILES string of the molecule is CC(=O)Nc1nc(-c2ccco2)c(C)c(=O)[nH]1. The first-order chi connectivity index (χ1) is 8.08. The van der Waals surface area contributed by atoms with Crippen molar-refractivity contribution in [3.05, 3.63) is 34.3 Å². The Morgan fingerprint density at radius 2 is 2.29 bits per heavy atom. The van der Waals surface area contributed by atoms with Gasteiger partial charge in [-0.05, 0) is 19.1 Å². The van der Waals surface area contributed by atoms with E-state index in [0.717, 1.165) is 0 Å². The Morgan fingerprint density at radius 1 is 1.53 bits per heavy atom. The van der Waals surface area contributed by atoms with E-state index in [9.17, 15) is 9.59 Å². The summed E-state index contributed by atoms with van der Waals surface area (Å²) in [6.45, 7) is 2.98. The number of aromatic nitrogens is 2. The second kappa shape index (κ2) is 4.25. The number of carbonyl (C=O) groups is 1. The van der Waals surface area contributed by atoms with Crippen molar-refractivity contribution >= 4 is 11.9 Å². The lowest BCUT2D eigenvalue weighted by Crippen LogP contribution is -2.18. The molecule has 0 aromatic carbocycles. The number of furan rings is 1. The number of carbonyl (C=O) groups excluding carboxylic acids is 1. The van der Waals surface area contributed by atoms with Crippen LogP contribution in [0.4, 0.5) is 5.95 Å². The van der Waals surface area contributed by atoms with Crippen molar-refractivity contribution in [3.63, 3.8) is 0 Å². The largest absolute Gasteiger partial charge is 0.463 e. The van der Waals surface area contributed by atoms with Gasteiger partial charge in [-0.15, -0.1) is 0 Å². The lowest BCUT2D eigenvalue weighted by molar-refractivity contribution is -0.114. The molecule has 2 aromatic rings. The van der Waals surface area contributed by atoms with Gasteiger partial charge in [-0.1, -0.05) is 0 Å². The van der Waals surface area contributed by atoms with Crippen molar-refractivity contribution in [2.24, 2.45) is 0 Å². The van der Waals surface area contributed by atoms with Crippen LogP contribution in [-0.2, 0) is 4.79 Å². The highest BCUT2D eigenvalue weighted by atomic mass is 16.3. The molecule has 6 nitrogen and oxygen atoms in total. The molecule has 0 radical (unpaired) electrons. The third-order valence-electron chi connectivity index (χ3n) is 2.20. The van der Waals surface area contributed by atoms with Crippen LogP contribution in [-0.4, -0.2) is 15.9 Å². The highest BCUT2D eigenvalue weighted by molar-refractivity contribution is 5.86. The second-order valence-electron chi connectivity index (χ2n) is 3.55. The molecule has 0 aliphatic carbocycles. The van der Waals surface area contributed by atoms with Gasteiger partial charge >= 0.3 is 0 Å². The lowest BCUT2D eigenvalue weighted by Gasteiger charge is -2.05. The van der Waals surface area contributed by atoms with E-state index in [2.05, 4.69) is 15.3 Å². The van der Waals surface area contributed by atoms with Crippen molar-refractivity contribution in [1.82, 2.24) is 9.97 Å². The van der Waals surface area contributed by atoms with Crippen LogP contribution in [0.1, 0.15) is 12.5 Å². The zero-order chi connectivity index (χ0) is 12.4. The maximum absolute atomic E-state index is 11.6. The molecule has 6 heteroatoms. The fourth-order valence-electron chi connectivity index (χ4n) is 1.41.